The Morgan fingerprint density at radius 1 is 0.759 bits per heavy atom. The summed E-state index contributed by atoms with van der Waals surface area (Å²) in [5.74, 6) is 1.82. The summed E-state index contributed by atoms with van der Waals surface area (Å²) < 4.78 is 4.17. The molecule has 0 saturated heterocycles. The first-order valence-corrected chi connectivity index (χ1v) is 13.9. The molecular formula is C20H17Br3N2S4. The fourth-order valence-electron chi connectivity index (χ4n) is 1.84. The van der Waals surface area contributed by atoms with Crippen LogP contribution in [0, 0.1) is 0 Å². The van der Waals surface area contributed by atoms with Crippen LogP contribution in [0.3, 0.4) is 0 Å². The maximum absolute atomic E-state index is 4.27. The first kappa shape index (κ1) is 25.1. The van der Waals surface area contributed by atoms with Crippen LogP contribution in [-0.2, 0) is 11.5 Å². The molecule has 4 rings (SSSR count). The van der Waals surface area contributed by atoms with E-state index in [1.165, 1.54) is 11.1 Å². The minimum absolute atomic E-state index is 0.834. The maximum Gasteiger partial charge on any atom is 0.160 e. The second kappa shape index (κ2) is 14.8. The smallest absolute Gasteiger partial charge is 0.160 e. The van der Waals surface area contributed by atoms with Crippen molar-refractivity contribution in [2.45, 2.75) is 15.8 Å². The van der Waals surface area contributed by atoms with Gasteiger partial charge in [-0.15, -0.1) is 22.7 Å². The van der Waals surface area contributed by atoms with Gasteiger partial charge in [-0.1, -0.05) is 72.4 Å². The summed E-state index contributed by atoms with van der Waals surface area (Å²) in [7, 11) is 0. The molecule has 2 aromatic carbocycles. The summed E-state index contributed by atoms with van der Waals surface area (Å²) in [6.45, 7) is 0. The Kier molecular flexibility index (Phi) is 12.8. The molecule has 0 spiro atoms. The summed E-state index contributed by atoms with van der Waals surface area (Å²) in [6, 6.07) is 20.6. The van der Waals surface area contributed by atoms with Gasteiger partial charge < -0.3 is 0 Å². The Balaban J connectivity index is 0.000000170. The van der Waals surface area contributed by atoms with Crippen molar-refractivity contribution in [2.75, 3.05) is 0 Å². The fourth-order valence-corrected chi connectivity index (χ4v) is 6.82. The summed E-state index contributed by atoms with van der Waals surface area (Å²) >= 11 is 19.0. The molecule has 152 valence electrons. The van der Waals surface area contributed by atoms with E-state index in [-0.39, 0.29) is 0 Å². The van der Waals surface area contributed by atoms with Gasteiger partial charge in [-0.2, -0.15) is 12.6 Å². The number of nitrogens with zero attached hydrogens (tertiary/aromatic N) is 2. The molecule has 0 N–H and O–H groups in total. The van der Waals surface area contributed by atoms with Crippen molar-refractivity contribution in [3.8, 4) is 0 Å². The minimum Gasteiger partial charge on any atom is -0.237 e. The predicted octanol–water partition coefficient (Wildman–Crippen LogP) is 8.98. The van der Waals surface area contributed by atoms with Gasteiger partial charge in [0.2, 0.25) is 0 Å². The van der Waals surface area contributed by atoms with Crippen LogP contribution >= 0.6 is 94.9 Å². The average Bonchev–Trinajstić information content (AvgIpc) is 3.35. The van der Waals surface area contributed by atoms with Gasteiger partial charge in [0, 0.05) is 11.5 Å². The van der Waals surface area contributed by atoms with Gasteiger partial charge in [-0.3, -0.25) is 0 Å². The van der Waals surface area contributed by atoms with E-state index >= 15 is 0 Å². The topological polar surface area (TPSA) is 25.8 Å². The van der Waals surface area contributed by atoms with Crippen LogP contribution in [0.2, 0.25) is 0 Å². The quantitative estimate of drug-likeness (QED) is 0.176. The molecule has 2 nitrogen and oxygen atoms in total. The van der Waals surface area contributed by atoms with Crippen molar-refractivity contribution in [3.63, 3.8) is 0 Å². The van der Waals surface area contributed by atoms with E-state index in [9.17, 15) is 0 Å². The van der Waals surface area contributed by atoms with Crippen LogP contribution in [0.25, 0.3) is 0 Å². The number of halogens is 3. The van der Waals surface area contributed by atoms with E-state index in [2.05, 4.69) is 107 Å². The zero-order chi connectivity index (χ0) is 20.9. The highest BCUT2D eigenvalue weighted by atomic mass is 79.9. The van der Waals surface area contributed by atoms with E-state index in [4.69, 9.17) is 0 Å². The van der Waals surface area contributed by atoms with Gasteiger partial charge in [-0.25, -0.2) is 9.97 Å². The molecule has 0 atom stereocenters. The number of rotatable bonds is 4. The Morgan fingerprint density at radius 2 is 1.31 bits per heavy atom. The van der Waals surface area contributed by atoms with Crippen LogP contribution < -0.4 is 0 Å². The number of hydrogen-bond acceptors (Lipinski definition) is 6. The van der Waals surface area contributed by atoms with Crippen LogP contribution in [0.1, 0.15) is 11.1 Å². The molecule has 0 radical (unpaired) electrons. The largest absolute Gasteiger partial charge is 0.237 e. The molecule has 2 aromatic heterocycles. The highest BCUT2D eigenvalue weighted by Crippen LogP contribution is 2.29. The fraction of sp³-hybridized carbons (Fsp3) is 0.100. The van der Waals surface area contributed by atoms with Crippen molar-refractivity contribution in [3.05, 3.63) is 95.7 Å². The highest BCUT2D eigenvalue weighted by Gasteiger charge is 2.00. The summed E-state index contributed by atoms with van der Waals surface area (Å²) in [4.78, 5) is 8.17. The van der Waals surface area contributed by atoms with E-state index in [0.717, 1.165) is 27.3 Å². The van der Waals surface area contributed by atoms with Crippen LogP contribution in [0.15, 0.2) is 88.9 Å². The SMILES string of the molecule is Brc1cnc(Br)s1.Brc1cnc(SCc2ccccc2)s1.SCc1ccccc1. The third-order valence-corrected chi connectivity index (χ3v) is 8.16. The number of benzene rings is 2. The van der Waals surface area contributed by atoms with Crippen molar-refractivity contribution < 1.29 is 0 Å². The van der Waals surface area contributed by atoms with Gasteiger partial charge >= 0.3 is 0 Å². The lowest BCUT2D eigenvalue weighted by Gasteiger charge is -1.96. The van der Waals surface area contributed by atoms with Gasteiger partial charge in [0.05, 0.1) is 20.0 Å². The number of thiol groups is 1. The molecule has 0 aliphatic heterocycles. The minimum atomic E-state index is 0.834. The zero-order valence-electron chi connectivity index (χ0n) is 15.0. The molecule has 9 heteroatoms. The molecule has 0 aliphatic carbocycles. The van der Waals surface area contributed by atoms with Crippen LogP contribution in [0.4, 0.5) is 0 Å². The second-order valence-corrected chi connectivity index (χ2v) is 12.9. The van der Waals surface area contributed by atoms with Crippen LogP contribution in [0.5, 0.6) is 0 Å². The molecule has 29 heavy (non-hydrogen) atoms. The monoisotopic (exact) mass is 650 g/mol. The summed E-state index contributed by atoms with van der Waals surface area (Å²) in [5.41, 5.74) is 2.61. The van der Waals surface area contributed by atoms with Crippen molar-refractivity contribution in [1.82, 2.24) is 9.97 Å². The third-order valence-electron chi connectivity index (χ3n) is 3.14. The van der Waals surface area contributed by atoms with Gasteiger partial charge in [0.15, 0.2) is 8.26 Å². The number of hydrogen-bond donors (Lipinski definition) is 1. The number of thioether (sulfide) groups is 1. The molecule has 0 bridgehead atoms. The first-order chi connectivity index (χ1) is 14.1. The standard InChI is InChI=1S/C10H8BrNS2.C7H8S.C3HBr2NS/c11-9-6-12-10(14-9)13-7-8-4-2-1-3-5-8;8-6-7-4-2-1-3-5-7;4-2-1-6-3(5)7-2/h1-6H,7H2;1-5,8H,6H2;1H. The summed E-state index contributed by atoms with van der Waals surface area (Å²) in [6.07, 6.45) is 3.60. The lowest BCUT2D eigenvalue weighted by Crippen LogP contribution is -1.77. The lowest BCUT2D eigenvalue weighted by molar-refractivity contribution is 1.24. The van der Waals surface area contributed by atoms with E-state index in [1.807, 2.05) is 30.5 Å². The Labute approximate surface area is 214 Å². The molecule has 4 aromatic rings. The highest BCUT2D eigenvalue weighted by molar-refractivity contribution is 9.12. The lowest BCUT2D eigenvalue weighted by atomic mass is 10.2. The van der Waals surface area contributed by atoms with Gasteiger partial charge in [-0.05, 0) is 58.9 Å². The van der Waals surface area contributed by atoms with Crippen molar-refractivity contribution in [1.29, 1.82) is 0 Å². The molecule has 0 fully saturated rings. The summed E-state index contributed by atoms with van der Waals surface area (Å²) in [5, 5.41) is 0. The number of thiazole rings is 2. The Hall–Kier alpha value is -0.160. The molecule has 0 aliphatic rings. The number of aromatic nitrogens is 2. The average molecular weight is 653 g/mol. The van der Waals surface area contributed by atoms with Gasteiger partial charge in [0.25, 0.3) is 0 Å². The van der Waals surface area contributed by atoms with Crippen LogP contribution in [-0.4, -0.2) is 9.97 Å². The zero-order valence-corrected chi connectivity index (χ0v) is 23.1. The normalized spacial score (nSPS) is 9.79. The second-order valence-electron chi connectivity index (χ2n) is 5.27. The van der Waals surface area contributed by atoms with E-state index in [0.29, 0.717) is 0 Å². The van der Waals surface area contributed by atoms with Crippen molar-refractivity contribution >= 4 is 94.9 Å². The molecule has 0 saturated carbocycles. The third kappa shape index (κ3) is 11.1. The van der Waals surface area contributed by atoms with Gasteiger partial charge in [0.1, 0.15) is 0 Å². The molecule has 0 unspecified atom stereocenters. The van der Waals surface area contributed by atoms with E-state index in [1.54, 1.807) is 40.6 Å². The maximum atomic E-state index is 4.27. The van der Waals surface area contributed by atoms with Crippen molar-refractivity contribution in [2.24, 2.45) is 0 Å². The molecular weight excluding hydrogens is 636 g/mol. The molecule has 0 amide bonds. The molecule has 2 heterocycles. The Morgan fingerprint density at radius 3 is 1.69 bits per heavy atom. The Bertz CT molecular complexity index is 930. The predicted molar refractivity (Wildman–Crippen MR) is 142 cm³/mol. The first-order valence-electron chi connectivity index (χ1n) is 8.26. The van der Waals surface area contributed by atoms with E-state index < -0.39 is 0 Å².